The molecule has 0 amide bonds. The van der Waals surface area contributed by atoms with E-state index in [9.17, 15) is 0 Å². The average molecular weight is 311 g/mol. The molecule has 0 aliphatic rings. The van der Waals surface area contributed by atoms with Crippen molar-refractivity contribution in [1.82, 2.24) is 10.3 Å². The predicted molar refractivity (Wildman–Crippen MR) is 73.6 cm³/mol. The normalized spacial score (nSPS) is 10.6. The molecule has 0 radical (unpaired) electrons. The summed E-state index contributed by atoms with van der Waals surface area (Å²) in [6.45, 7) is 3.69. The van der Waals surface area contributed by atoms with Crippen molar-refractivity contribution in [2.24, 2.45) is 0 Å². The number of rotatable bonds is 5. The van der Waals surface area contributed by atoms with Gasteiger partial charge in [-0.05, 0) is 40.7 Å². The fourth-order valence-corrected chi connectivity index (χ4v) is 2.11. The van der Waals surface area contributed by atoms with Crippen LogP contribution in [0, 0.1) is 0 Å². The minimum absolute atomic E-state index is 0.617. The Morgan fingerprint density at radius 2 is 2.28 bits per heavy atom. The van der Waals surface area contributed by atoms with Crippen LogP contribution in [0.4, 0.5) is 0 Å². The molecule has 5 heteroatoms. The lowest BCUT2D eigenvalue weighted by Crippen LogP contribution is -2.11. The third kappa shape index (κ3) is 2.91. The van der Waals surface area contributed by atoms with Crippen molar-refractivity contribution in [3.63, 3.8) is 0 Å². The molecule has 1 N–H and O–H groups in total. The van der Waals surface area contributed by atoms with Gasteiger partial charge in [0, 0.05) is 12.1 Å². The molecule has 4 nitrogen and oxygen atoms in total. The standard InChI is InChI=1S/C13H15BrN2O2/c1-3-15-7-10-8-18-13(16-10)9-4-5-12(17-2)11(14)6-9/h4-6,8,15H,3,7H2,1-2H3. The Bertz CT molecular complexity index is 525. The highest BCUT2D eigenvalue weighted by atomic mass is 79.9. The van der Waals surface area contributed by atoms with Crippen LogP contribution in [0.25, 0.3) is 11.5 Å². The predicted octanol–water partition coefficient (Wildman–Crippen LogP) is 3.22. The van der Waals surface area contributed by atoms with Crippen molar-refractivity contribution >= 4 is 15.9 Å². The van der Waals surface area contributed by atoms with Crippen LogP contribution in [0.5, 0.6) is 5.75 Å². The van der Waals surface area contributed by atoms with Gasteiger partial charge in [0.1, 0.15) is 12.0 Å². The van der Waals surface area contributed by atoms with Gasteiger partial charge in [-0.25, -0.2) is 4.98 Å². The van der Waals surface area contributed by atoms with Gasteiger partial charge in [0.05, 0.1) is 17.3 Å². The molecule has 0 saturated heterocycles. The largest absolute Gasteiger partial charge is 0.496 e. The van der Waals surface area contributed by atoms with E-state index in [1.807, 2.05) is 18.2 Å². The van der Waals surface area contributed by atoms with Crippen LogP contribution in [-0.2, 0) is 6.54 Å². The fourth-order valence-electron chi connectivity index (χ4n) is 1.57. The second kappa shape index (κ2) is 6.02. The maximum Gasteiger partial charge on any atom is 0.226 e. The first kappa shape index (κ1) is 13.1. The van der Waals surface area contributed by atoms with Gasteiger partial charge in [0.2, 0.25) is 5.89 Å². The number of hydrogen-bond donors (Lipinski definition) is 1. The molecular weight excluding hydrogens is 296 g/mol. The molecule has 0 spiro atoms. The monoisotopic (exact) mass is 310 g/mol. The quantitative estimate of drug-likeness (QED) is 0.921. The third-order valence-electron chi connectivity index (χ3n) is 2.51. The molecule has 1 aromatic heterocycles. The van der Waals surface area contributed by atoms with Crippen molar-refractivity contribution in [2.45, 2.75) is 13.5 Å². The molecule has 0 atom stereocenters. The Morgan fingerprint density at radius 3 is 2.94 bits per heavy atom. The van der Waals surface area contributed by atoms with E-state index in [2.05, 4.69) is 33.2 Å². The Balaban J connectivity index is 2.20. The maximum atomic E-state index is 5.46. The van der Waals surface area contributed by atoms with Crippen LogP contribution in [0.2, 0.25) is 0 Å². The van der Waals surface area contributed by atoms with E-state index in [0.717, 1.165) is 34.6 Å². The zero-order chi connectivity index (χ0) is 13.0. The summed E-state index contributed by atoms with van der Waals surface area (Å²) in [7, 11) is 1.64. The minimum Gasteiger partial charge on any atom is -0.496 e. The number of methoxy groups -OCH3 is 1. The lowest BCUT2D eigenvalue weighted by atomic mass is 10.2. The first-order valence-electron chi connectivity index (χ1n) is 5.73. The van der Waals surface area contributed by atoms with Crippen LogP contribution in [0.3, 0.4) is 0 Å². The number of hydrogen-bond acceptors (Lipinski definition) is 4. The summed E-state index contributed by atoms with van der Waals surface area (Å²) < 4.78 is 11.5. The van der Waals surface area contributed by atoms with Crippen LogP contribution in [0.1, 0.15) is 12.6 Å². The molecule has 0 saturated carbocycles. The molecule has 0 aliphatic carbocycles. The summed E-state index contributed by atoms with van der Waals surface area (Å²) in [5.41, 5.74) is 1.82. The van der Waals surface area contributed by atoms with Crippen molar-refractivity contribution in [1.29, 1.82) is 0 Å². The van der Waals surface area contributed by atoms with Gasteiger partial charge in [-0.15, -0.1) is 0 Å². The summed E-state index contributed by atoms with van der Waals surface area (Å²) in [5, 5.41) is 3.21. The Kier molecular flexibility index (Phi) is 4.38. The SMILES string of the molecule is CCNCc1coc(-c2ccc(OC)c(Br)c2)n1. The van der Waals surface area contributed by atoms with E-state index in [4.69, 9.17) is 9.15 Å². The molecule has 0 unspecified atom stereocenters. The Hall–Kier alpha value is -1.33. The van der Waals surface area contributed by atoms with E-state index in [0.29, 0.717) is 5.89 Å². The lowest BCUT2D eigenvalue weighted by molar-refractivity contribution is 0.412. The van der Waals surface area contributed by atoms with E-state index in [-0.39, 0.29) is 0 Å². The zero-order valence-corrected chi connectivity index (χ0v) is 12.0. The van der Waals surface area contributed by atoms with E-state index < -0.39 is 0 Å². The van der Waals surface area contributed by atoms with Crippen molar-refractivity contribution in [2.75, 3.05) is 13.7 Å². The number of halogens is 1. The number of ether oxygens (including phenoxy) is 1. The van der Waals surface area contributed by atoms with Gasteiger partial charge >= 0.3 is 0 Å². The van der Waals surface area contributed by atoms with E-state index >= 15 is 0 Å². The molecule has 2 rings (SSSR count). The lowest BCUT2D eigenvalue weighted by Gasteiger charge is -2.03. The van der Waals surface area contributed by atoms with Crippen LogP contribution in [0.15, 0.2) is 33.4 Å². The summed E-state index contributed by atoms with van der Waals surface area (Å²) in [6, 6.07) is 5.74. The first-order chi connectivity index (χ1) is 8.74. The number of benzene rings is 1. The van der Waals surface area contributed by atoms with Gasteiger partial charge in [0.15, 0.2) is 0 Å². The minimum atomic E-state index is 0.617. The summed E-state index contributed by atoms with van der Waals surface area (Å²) in [5.74, 6) is 1.41. The van der Waals surface area contributed by atoms with Gasteiger partial charge in [-0.3, -0.25) is 0 Å². The highest BCUT2D eigenvalue weighted by Crippen LogP contribution is 2.30. The molecule has 0 aliphatic heterocycles. The highest BCUT2D eigenvalue weighted by Gasteiger charge is 2.09. The summed E-state index contributed by atoms with van der Waals surface area (Å²) in [6.07, 6.45) is 1.68. The Labute approximate surface area is 114 Å². The molecular formula is C13H15BrN2O2. The van der Waals surface area contributed by atoms with Crippen LogP contribution < -0.4 is 10.1 Å². The summed E-state index contributed by atoms with van der Waals surface area (Å²) in [4.78, 5) is 4.42. The number of nitrogens with zero attached hydrogens (tertiary/aromatic N) is 1. The topological polar surface area (TPSA) is 47.3 Å². The molecule has 1 aromatic carbocycles. The van der Waals surface area contributed by atoms with Gasteiger partial charge in [0.25, 0.3) is 0 Å². The number of aromatic nitrogens is 1. The average Bonchev–Trinajstić information content (AvgIpc) is 2.85. The van der Waals surface area contributed by atoms with E-state index in [1.54, 1.807) is 13.4 Å². The Morgan fingerprint density at radius 1 is 1.44 bits per heavy atom. The van der Waals surface area contributed by atoms with Crippen molar-refractivity contribution in [3.8, 4) is 17.2 Å². The third-order valence-corrected chi connectivity index (χ3v) is 3.13. The molecule has 0 fully saturated rings. The number of oxazole rings is 1. The van der Waals surface area contributed by atoms with Crippen molar-refractivity contribution < 1.29 is 9.15 Å². The van der Waals surface area contributed by atoms with Gasteiger partial charge < -0.3 is 14.5 Å². The second-order valence-corrected chi connectivity index (χ2v) is 4.63. The summed E-state index contributed by atoms with van der Waals surface area (Å²) >= 11 is 3.45. The smallest absolute Gasteiger partial charge is 0.226 e. The molecule has 18 heavy (non-hydrogen) atoms. The maximum absolute atomic E-state index is 5.46. The van der Waals surface area contributed by atoms with Crippen LogP contribution >= 0.6 is 15.9 Å². The highest BCUT2D eigenvalue weighted by molar-refractivity contribution is 9.10. The molecule has 2 aromatic rings. The van der Waals surface area contributed by atoms with Crippen molar-refractivity contribution in [3.05, 3.63) is 34.6 Å². The van der Waals surface area contributed by atoms with Gasteiger partial charge in [-0.2, -0.15) is 0 Å². The fraction of sp³-hybridized carbons (Fsp3) is 0.308. The molecule has 1 heterocycles. The van der Waals surface area contributed by atoms with Gasteiger partial charge in [-0.1, -0.05) is 6.92 Å². The first-order valence-corrected chi connectivity index (χ1v) is 6.53. The molecule has 0 bridgehead atoms. The zero-order valence-electron chi connectivity index (χ0n) is 10.4. The number of nitrogens with one attached hydrogen (secondary N) is 1. The molecule has 96 valence electrons. The second-order valence-electron chi connectivity index (χ2n) is 3.77. The van der Waals surface area contributed by atoms with Crippen LogP contribution in [-0.4, -0.2) is 18.6 Å². The van der Waals surface area contributed by atoms with E-state index in [1.165, 1.54) is 0 Å².